The van der Waals surface area contributed by atoms with Gasteiger partial charge < -0.3 is 15.2 Å². The van der Waals surface area contributed by atoms with Crippen molar-refractivity contribution < 1.29 is 4.79 Å². The summed E-state index contributed by atoms with van der Waals surface area (Å²) < 4.78 is 1.94. The summed E-state index contributed by atoms with van der Waals surface area (Å²) in [6.45, 7) is 3.61. The molecule has 1 amide bonds. The number of carbonyl (C=O) groups is 1. The summed E-state index contributed by atoms with van der Waals surface area (Å²) in [4.78, 5) is 27.9. The molecule has 0 spiro atoms. The van der Waals surface area contributed by atoms with Crippen LogP contribution in [0.25, 0.3) is 11.3 Å². The number of nitrogen functional groups attached to an aromatic ring is 1. The molecule has 9 nitrogen and oxygen atoms in total. The molecule has 0 unspecified atom stereocenters. The van der Waals surface area contributed by atoms with Gasteiger partial charge in [0.2, 0.25) is 0 Å². The van der Waals surface area contributed by atoms with E-state index in [0.29, 0.717) is 53.7 Å². The number of hydrogen-bond acceptors (Lipinski definition) is 7. The third kappa shape index (κ3) is 4.56. The van der Waals surface area contributed by atoms with E-state index in [1.54, 1.807) is 35.6 Å². The first kappa shape index (κ1) is 22.5. The van der Waals surface area contributed by atoms with Crippen LogP contribution in [0.3, 0.4) is 0 Å². The van der Waals surface area contributed by atoms with Crippen molar-refractivity contribution in [1.29, 1.82) is 0 Å². The number of amides is 1. The quantitative estimate of drug-likeness (QED) is 0.444. The van der Waals surface area contributed by atoms with Crippen molar-refractivity contribution in [3.63, 3.8) is 0 Å². The van der Waals surface area contributed by atoms with Crippen LogP contribution in [0.4, 0.5) is 5.82 Å². The number of aromatic nitrogens is 6. The number of nitrogens with zero attached hydrogens (tertiary/aromatic N) is 7. The molecule has 3 aromatic heterocycles. The molecule has 174 valence electrons. The van der Waals surface area contributed by atoms with E-state index in [2.05, 4.69) is 37.0 Å². The number of hydrogen-bond donors (Lipinski definition) is 1. The highest BCUT2D eigenvalue weighted by atomic mass is 35.5. The lowest BCUT2D eigenvalue weighted by Crippen LogP contribution is -2.38. The SMILES string of the molecule is CCc1ncnc(-c2ccc(C(=O)N3CCn4cnnc4C3)c(Cl)c2)c1C#Cc1ccc(N)nc1. The minimum Gasteiger partial charge on any atom is -0.384 e. The van der Waals surface area contributed by atoms with Gasteiger partial charge in [0.1, 0.15) is 18.5 Å². The number of pyridine rings is 1. The van der Waals surface area contributed by atoms with Crippen LogP contribution in [0.1, 0.15) is 39.9 Å². The maximum absolute atomic E-state index is 13.2. The summed E-state index contributed by atoms with van der Waals surface area (Å²) in [5.74, 6) is 7.34. The number of benzene rings is 1. The van der Waals surface area contributed by atoms with Crippen LogP contribution in [-0.2, 0) is 19.5 Å². The maximum atomic E-state index is 13.2. The van der Waals surface area contributed by atoms with E-state index in [1.807, 2.05) is 23.6 Å². The molecule has 0 saturated heterocycles. The zero-order chi connectivity index (χ0) is 24.4. The average molecular weight is 485 g/mol. The third-order valence-corrected chi connectivity index (χ3v) is 6.09. The van der Waals surface area contributed by atoms with Crippen molar-refractivity contribution in [3.8, 4) is 23.1 Å². The highest BCUT2D eigenvalue weighted by Crippen LogP contribution is 2.29. The summed E-state index contributed by atoms with van der Waals surface area (Å²) in [6, 6.07) is 8.83. The Morgan fingerprint density at radius 2 is 2.03 bits per heavy atom. The van der Waals surface area contributed by atoms with E-state index in [4.69, 9.17) is 17.3 Å². The zero-order valence-electron chi connectivity index (χ0n) is 18.9. The first-order valence-corrected chi connectivity index (χ1v) is 11.4. The van der Waals surface area contributed by atoms with E-state index >= 15 is 0 Å². The molecule has 1 aliphatic heterocycles. The van der Waals surface area contributed by atoms with E-state index < -0.39 is 0 Å². The normalized spacial score (nSPS) is 12.6. The largest absolute Gasteiger partial charge is 0.384 e. The van der Waals surface area contributed by atoms with E-state index in [1.165, 1.54) is 6.33 Å². The fraction of sp³-hybridized carbons (Fsp3) is 0.200. The van der Waals surface area contributed by atoms with Crippen molar-refractivity contribution in [2.24, 2.45) is 0 Å². The standard InChI is InChI=1S/C25H21ClN8O/c1-2-21-19(6-3-16-4-8-22(27)28-12-16)24(30-14-29-21)17-5-7-18(20(26)11-17)25(35)33-9-10-34-15-31-32-23(34)13-33/h4-5,7-8,11-12,14-15H,2,9-10,13H2,1H3,(H2,27,28). The highest BCUT2D eigenvalue weighted by Gasteiger charge is 2.25. The Morgan fingerprint density at radius 3 is 2.80 bits per heavy atom. The van der Waals surface area contributed by atoms with Gasteiger partial charge in [-0.15, -0.1) is 10.2 Å². The Kier molecular flexibility index (Phi) is 6.12. The first-order chi connectivity index (χ1) is 17.0. The number of halogens is 1. The molecule has 35 heavy (non-hydrogen) atoms. The number of carbonyl (C=O) groups excluding carboxylic acids is 1. The van der Waals surface area contributed by atoms with Gasteiger partial charge in [-0.3, -0.25) is 4.79 Å². The van der Waals surface area contributed by atoms with Crippen LogP contribution in [0.15, 0.2) is 49.2 Å². The van der Waals surface area contributed by atoms with Gasteiger partial charge >= 0.3 is 0 Å². The minimum absolute atomic E-state index is 0.149. The fourth-order valence-electron chi connectivity index (χ4n) is 3.90. The molecule has 5 rings (SSSR count). The fourth-order valence-corrected chi connectivity index (χ4v) is 4.16. The van der Waals surface area contributed by atoms with Crippen molar-refractivity contribution in [3.05, 3.63) is 82.4 Å². The van der Waals surface area contributed by atoms with Crippen molar-refractivity contribution in [2.75, 3.05) is 12.3 Å². The summed E-state index contributed by atoms with van der Waals surface area (Å²) in [5, 5.41) is 8.33. The molecule has 4 aromatic rings. The Hall–Kier alpha value is -4.29. The Morgan fingerprint density at radius 1 is 1.14 bits per heavy atom. The topological polar surface area (TPSA) is 116 Å². The molecule has 0 fully saturated rings. The second-order valence-electron chi connectivity index (χ2n) is 7.98. The molecular weight excluding hydrogens is 464 g/mol. The molecule has 0 radical (unpaired) electrons. The number of fused-ring (bicyclic) bond motifs is 1. The van der Waals surface area contributed by atoms with Gasteiger partial charge in [0.15, 0.2) is 5.82 Å². The van der Waals surface area contributed by atoms with Gasteiger partial charge in [-0.2, -0.15) is 0 Å². The molecule has 2 N–H and O–H groups in total. The molecule has 0 bridgehead atoms. The molecule has 10 heteroatoms. The lowest BCUT2D eigenvalue weighted by Gasteiger charge is -2.27. The van der Waals surface area contributed by atoms with Gasteiger partial charge in [-0.05, 0) is 30.7 Å². The number of aryl methyl sites for hydroxylation is 1. The lowest BCUT2D eigenvalue weighted by molar-refractivity contribution is 0.0707. The second kappa shape index (κ2) is 9.52. The minimum atomic E-state index is -0.149. The Labute approximate surface area is 207 Å². The predicted octanol–water partition coefficient (Wildman–Crippen LogP) is 2.98. The second-order valence-corrected chi connectivity index (χ2v) is 8.39. The summed E-state index contributed by atoms with van der Waals surface area (Å²) in [7, 11) is 0. The van der Waals surface area contributed by atoms with Crippen molar-refractivity contribution >= 4 is 23.3 Å². The first-order valence-electron chi connectivity index (χ1n) is 11.1. The number of anilines is 1. The molecule has 1 aliphatic rings. The van der Waals surface area contributed by atoms with E-state index in [0.717, 1.165) is 22.6 Å². The van der Waals surface area contributed by atoms with E-state index in [9.17, 15) is 4.79 Å². The number of rotatable bonds is 3. The van der Waals surface area contributed by atoms with Crippen LogP contribution in [0.5, 0.6) is 0 Å². The summed E-state index contributed by atoms with van der Waals surface area (Å²) in [5.41, 5.74) is 9.75. The van der Waals surface area contributed by atoms with Gasteiger partial charge in [0.25, 0.3) is 5.91 Å². The van der Waals surface area contributed by atoms with Gasteiger partial charge in [-0.1, -0.05) is 36.4 Å². The van der Waals surface area contributed by atoms with Crippen LogP contribution >= 0.6 is 11.6 Å². The summed E-state index contributed by atoms with van der Waals surface area (Å²) in [6.07, 6.45) is 5.50. The predicted molar refractivity (Wildman–Crippen MR) is 131 cm³/mol. The summed E-state index contributed by atoms with van der Waals surface area (Å²) >= 11 is 6.61. The van der Waals surface area contributed by atoms with Gasteiger partial charge in [0, 0.05) is 30.4 Å². The van der Waals surface area contributed by atoms with Crippen LogP contribution in [0.2, 0.25) is 5.02 Å². The molecule has 0 atom stereocenters. The smallest absolute Gasteiger partial charge is 0.255 e. The van der Waals surface area contributed by atoms with Gasteiger partial charge in [0.05, 0.1) is 34.1 Å². The van der Waals surface area contributed by atoms with Crippen LogP contribution < -0.4 is 5.73 Å². The molecule has 0 aliphatic carbocycles. The van der Waals surface area contributed by atoms with Gasteiger partial charge in [-0.25, -0.2) is 15.0 Å². The van der Waals surface area contributed by atoms with Crippen LogP contribution in [0, 0.1) is 11.8 Å². The Balaban J connectivity index is 1.46. The number of nitrogens with two attached hydrogens (primary N) is 1. The average Bonchev–Trinajstić information content (AvgIpc) is 3.36. The maximum Gasteiger partial charge on any atom is 0.255 e. The molecule has 4 heterocycles. The van der Waals surface area contributed by atoms with Crippen LogP contribution in [-0.4, -0.2) is 47.1 Å². The molecule has 1 aromatic carbocycles. The Bertz CT molecular complexity index is 1470. The highest BCUT2D eigenvalue weighted by molar-refractivity contribution is 6.34. The van der Waals surface area contributed by atoms with E-state index in [-0.39, 0.29) is 5.91 Å². The monoisotopic (exact) mass is 484 g/mol. The lowest BCUT2D eigenvalue weighted by atomic mass is 10.0. The molecule has 0 saturated carbocycles. The third-order valence-electron chi connectivity index (χ3n) is 5.78. The molecular formula is C25H21ClN8O. The van der Waals surface area contributed by atoms with Crippen molar-refractivity contribution in [1.82, 2.24) is 34.6 Å². The van der Waals surface area contributed by atoms with Crippen molar-refractivity contribution in [2.45, 2.75) is 26.4 Å². The zero-order valence-corrected chi connectivity index (χ0v) is 19.7.